The molecule has 1 heterocycles. The van der Waals surface area contributed by atoms with Crippen LogP contribution in [0.2, 0.25) is 0 Å². The van der Waals surface area contributed by atoms with E-state index < -0.39 is 18.0 Å². The fourth-order valence-corrected chi connectivity index (χ4v) is 2.77. The predicted octanol–water partition coefficient (Wildman–Crippen LogP) is -2.41. The Bertz CT molecular complexity index is 448. The second-order valence-corrected chi connectivity index (χ2v) is 5.99. The van der Waals surface area contributed by atoms with Gasteiger partial charge in [0.15, 0.2) is 0 Å². The maximum atomic E-state index is 11.7. The van der Waals surface area contributed by atoms with Gasteiger partial charge in [-0.15, -0.1) is 0 Å². The van der Waals surface area contributed by atoms with Crippen LogP contribution in [0.1, 0.15) is 12.8 Å². The average Bonchev–Trinajstić information content (AvgIpc) is 2.65. The van der Waals surface area contributed by atoms with Crippen molar-refractivity contribution in [2.45, 2.75) is 18.9 Å². The van der Waals surface area contributed by atoms with E-state index in [2.05, 4.69) is 10.6 Å². The van der Waals surface area contributed by atoms with Gasteiger partial charge in [-0.25, -0.2) is 0 Å². The van der Waals surface area contributed by atoms with Crippen molar-refractivity contribution in [3.05, 3.63) is 0 Å². The Morgan fingerprint density at radius 2 is 1.84 bits per heavy atom. The zero-order valence-electron chi connectivity index (χ0n) is 14.4. The Morgan fingerprint density at radius 3 is 2.48 bits per heavy atom. The van der Waals surface area contributed by atoms with E-state index in [1.807, 2.05) is 0 Å². The van der Waals surface area contributed by atoms with Gasteiger partial charge in [-0.1, -0.05) is 0 Å². The van der Waals surface area contributed by atoms with Crippen LogP contribution in [-0.2, 0) is 14.4 Å². The molecule has 0 aliphatic carbocycles. The number of carbonyl (C=O) groups excluding carboxylic acids is 1. The highest BCUT2D eigenvalue weighted by atomic mass is 16.4. The number of hydrogen-bond donors (Lipinski definition) is 5. The number of aliphatic carboxylic acids is 2. The highest BCUT2D eigenvalue weighted by Crippen LogP contribution is 2.09. The standard InChI is InChI=1S/C15H29N5O5/c16-3-4-18-13(21)2-1-12(15(24)25)20-8-6-17-5-7-19(9-10-20)11-14(22)23/h12,17H,1-11,16H2,(H,18,21)(H,22,23)(H,24,25). The minimum atomic E-state index is -0.976. The van der Waals surface area contributed by atoms with Crippen LogP contribution in [0.25, 0.3) is 0 Å². The second-order valence-electron chi connectivity index (χ2n) is 5.99. The number of amides is 1. The molecule has 0 saturated carbocycles. The van der Waals surface area contributed by atoms with Crippen molar-refractivity contribution in [2.24, 2.45) is 5.73 Å². The van der Waals surface area contributed by atoms with Crippen LogP contribution in [0.5, 0.6) is 0 Å². The zero-order chi connectivity index (χ0) is 18.7. The van der Waals surface area contributed by atoms with Crippen LogP contribution in [0.4, 0.5) is 0 Å². The molecule has 25 heavy (non-hydrogen) atoms. The van der Waals surface area contributed by atoms with Gasteiger partial charge in [0.05, 0.1) is 6.54 Å². The number of rotatable bonds is 9. The second kappa shape index (κ2) is 11.7. The van der Waals surface area contributed by atoms with Crippen molar-refractivity contribution in [1.82, 2.24) is 20.4 Å². The molecule has 6 N–H and O–H groups in total. The Labute approximate surface area is 147 Å². The molecule has 0 aromatic rings. The molecule has 1 atom stereocenters. The fourth-order valence-electron chi connectivity index (χ4n) is 2.77. The molecule has 0 aromatic heterocycles. The SMILES string of the molecule is NCCNC(=O)CCC(C(=O)O)N1CCNCCN(CC(=O)O)CC1. The Hall–Kier alpha value is -1.75. The van der Waals surface area contributed by atoms with E-state index in [-0.39, 0.29) is 25.3 Å². The Kier molecular flexibility index (Phi) is 10.0. The summed E-state index contributed by atoms with van der Waals surface area (Å²) in [6.07, 6.45) is 0.310. The first-order valence-electron chi connectivity index (χ1n) is 8.52. The monoisotopic (exact) mass is 359 g/mol. The third-order valence-corrected chi connectivity index (χ3v) is 4.08. The van der Waals surface area contributed by atoms with Gasteiger partial charge in [0.25, 0.3) is 0 Å². The highest BCUT2D eigenvalue weighted by molar-refractivity contribution is 5.78. The molecule has 0 spiro atoms. The summed E-state index contributed by atoms with van der Waals surface area (Å²) >= 11 is 0. The maximum absolute atomic E-state index is 11.7. The average molecular weight is 359 g/mol. The Morgan fingerprint density at radius 1 is 1.12 bits per heavy atom. The van der Waals surface area contributed by atoms with Crippen molar-refractivity contribution < 1.29 is 24.6 Å². The van der Waals surface area contributed by atoms with E-state index in [1.54, 1.807) is 9.80 Å². The quantitative estimate of drug-likeness (QED) is 0.303. The molecule has 1 saturated heterocycles. The molecule has 1 amide bonds. The molecule has 10 nitrogen and oxygen atoms in total. The van der Waals surface area contributed by atoms with Gasteiger partial charge in [0, 0.05) is 58.8 Å². The van der Waals surface area contributed by atoms with E-state index in [0.717, 1.165) is 0 Å². The number of carboxylic acids is 2. The summed E-state index contributed by atoms with van der Waals surface area (Å²) in [4.78, 5) is 37.8. The lowest BCUT2D eigenvalue weighted by molar-refractivity contribution is -0.144. The summed E-state index contributed by atoms with van der Waals surface area (Å²) in [5, 5.41) is 24.3. The van der Waals surface area contributed by atoms with Crippen LogP contribution < -0.4 is 16.4 Å². The van der Waals surface area contributed by atoms with Crippen molar-refractivity contribution >= 4 is 17.8 Å². The predicted molar refractivity (Wildman–Crippen MR) is 91.2 cm³/mol. The third kappa shape index (κ3) is 8.77. The first-order chi connectivity index (χ1) is 11.9. The smallest absolute Gasteiger partial charge is 0.320 e. The summed E-state index contributed by atoms with van der Waals surface area (Å²) in [5.74, 6) is -2.10. The highest BCUT2D eigenvalue weighted by Gasteiger charge is 2.27. The normalized spacial score (nSPS) is 18.6. The Balaban J connectivity index is 2.63. The van der Waals surface area contributed by atoms with Gasteiger partial charge in [-0.2, -0.15) is 0 Å². The molecule has 144 valence electrons. The number of nitrogens with two attached hydrogens (primary N) is 1. The number of nitrogens with zero attached hydrogens (tertiary/aromatic N) is 2. The lowest BCUT2D eigenvalue weighted by atomic mass is 10.1. The summed E-state index contributed by atoms with van der Waals surface area (Å²) in [6, 6.07) is -0.782. The van der Waals surface area contributed by atoms with Crippen molar-refractivity contribution in [3.63, 3.8) is 0 Å². The van der Waals surface area contributed by atoms with Crippen molar-refractivity contribution in [2.75, 3.05) is 58.9 Å². The molecular weight excluding hydrogens is 330 g/mol. The zero-order valence-corrected chi connectivity index (χ0v) is 14.4. The van der Waals surface area contributed by atoms with Gasteiger partial charge in [-0.3, -0.25) is 24.2 Å². The number of carbonyl (C=O) groups is 3. The van der Waals surface area contributed by atoms with E-state index in [1.165, 1.54) is 0 Å². The molecular formula is C15H29N5O5. The van der Waals surface area contributed by atoms with E-state index in [9.17, 15) is 19.5 Å². The minimum absolute atomic E-state index is 0.0747. The summed E-state index contributed by atoms with van der Waals surface area (Å²) in [7, 11) is 0. The molecule has 0 aromatic carbocycles. The summed E-state index contributed by atoms with van der Waals surface area (Å²) in [6.45, 7) is 3.94. The van der Waals surface area contributed by atoms with Gasteiger partial charge < -0.3 is 26.6 Å². The van der Waals surface area contributed by atoms with Gasteiger partial charge >= 0.3 is 11.9 Å². The van der Waals surface area contributed by atoms with Crippen LogP contribution in [-0.4, -0.2) is 103 Å². The van der Waals surface area contributed by atoms with Crippen LogP contribution in [0.15, 0.2) is 0 Å². The third-order valence-electron chi connectivity index (χ3n) is 4.08. The summed E-state index contributed by atoms with van der Waals surface area (Å²) < 4.78 is 0. The van der Waals surface area contributed by atoms with E-state index >= 15 is 0 Å². The molecule has 1 fully saturated rings. The maximum Gasteiger partial charge on any atom is 0.320 e. The molecule has 1 unspecified atom stereocenters. The molecule has 1 aliphatic heterocycles. The van der Waals surface area contributed by atoms with E-state index in [4.69, 9.17) is 10.8 Å². The molecule has 1 rings (SSSR count). The molecule has 10 heteroatoms. The summed E-state index contributed by atoms with van der Waals surface area (Å²) in [5.41, 5.74) is 5.32. The topological polar surface area (TPSA) is 148 Å². The van der Waals surface area contributed by atoms with Crippen LogP contribution >= 0.6 is 0 Å². The first-order valence-corrected chi connectivity index (χ1v) is 8.52. The molecule has 1 aliphatic rings. The van der Waals surface area contributed by atoms with Crippen LogP contribution in [0, 0.1) is 0 Å². The number of nitrogens with one attached hydrogen (secondary N) is 2. The molecule has 0 bridgehead atoms. The van der Waals surface area contributed by atoms with Gasteiger partial charge in [0.1, 0.15) is 6.04 Å². The number of hydrogen-bond acceptors (Lipinski definition) is 7. The molecule has 0 radical (unpaired) electrons. The van der Waals surface area contributed by atoms with Crippen LogP contribution in [0.3, 0.4) is 0 Å². The largest absolute Gasteiger partial charge is 0.480 e. The number of carboxylic acid groups (broad SMARTS) is 2. The van der Waals surface area contributed by atoms with Crippen molar-refractivity contribution in [1.29, 1.82) is 0 Å². The fraction of sp³-hybridized carbons (Fsp3) is 0.800. The van der Waals surface area contributed by atoms with Crippen molar-refractivity contribution in [3.8, 4) is 0 Å². The minimum Gasteiger partial charge on any atom is -0.480 e. The lowest BCUT2D eigenvalue weighted by Crippen LogP contribution is -2.47. The first kappa shape index (κ1) is 21.3. The lowest BCUT2D eigenvalue weighted by Gasteiger charge is -2.29. The van der Waals surface area contributed by atoms with E-state index in [0.29, 0.717) is 52.4 Å². The van der Waals surface area contributed by atoms with Gasteiger partial charge in [-0.05, 0) is 6.42 Å². The van der Waals surface area contributed by atoms with Gasteiger partial charge in [0.2, 0.25) is 5.91 Å².